The SMILES string of the molecule is CCc1cc(C)c(C(=O)N2CC[C@H](F)C2)c(Cl)n1. The van der Waals surface area contributed by atoms with E-state index in [4.69, 9.17) is 11.6 Å². The summed E-state index contributed by atoms with van der Waals surface area (Å²) in [4.78, 5) is 18.0. The number of likely N-dealkylation sites (tertiary alicyclic amines) is 1. The van der Waals surface area contributed by atoms with E-state index in [1.54, 1.807) is 0 Å². The zero-order chi connectivity index (χ0) is 13.3. The van der Waals surface area contributed by atoms with E-state index in [1.807, 2.05) is 19.9 Å². The van der Waals surface area contributed by atoms with Crippen LogP contribution in [0.5, 0.6) is 0 Å². The van der Waals surface area contributed by atoms with Crippen LogP contribution in [0.25, 0.3) is 0 Å². The molecule has 3 nitrogen and oxygen atoms in total. The zero-order valence-corrected chi connectivity index (χ0v) is 11.3. The first-order valence-electron chi connectivity index (χ1n) is 6.12. The van der Waals surface area contributed by atoms with Gasteiger partial charge in [-0.3, -0.25) is 4.79 Å². The first-order valence-corrected chi connectivity index (χ1v) is 6.50. The maximum Gasteiger partial charge on any atom is 0.257 e. The Morgan fingerprint density at radius 1 is 1.67 bits per heavy atom. The second kappa shape index (κ2) is 5.22. The summed E-state index contributed by atoms with van der Waals surface area (Å²) >= 11 is 6.07. The summed E-state index contributed by atoms with van der Waals surface area (Å²) in [5.74, 6) is -0.215. The van der Waals surface area contributed by atoms with Crippen molar-refractivity contribution < 1.29 is 9.18 Å². The summed E-state index contributed by atoms with van der Waals surface area (Å²) in [7, 11) is 0. The summed E-state index contributed by atoms with van der Waals surface area (Å²) < 4.78 is 13.1. The molecule has 0 radical (unpaired) electrons. The molecule has 5 heteroatoms. The topological polar surface area (TPSA) is 33.2 Å². The molecule has 0 N–H and O–H groups in total. The molecule has 2 rings (SSSR count). The Morgan fingerprint density at radius 3 is 2.89 bits per heavy atom. The second-order valence-corrected chi connectivity index (χ2v) is 4.94. The van der Waals surface area contributed by atoms with Gasteiger partial charge in [0.2, 0.25) is 0 Å². The minimum atomic E-state index is -0.920. The van der Waals surface area contributed by atoms with Crippen LogP contribution in [0.3, 0.4) is 0 Å². The number of aromatic nitrogens is 1. The summed E-state index contributed by atoms with van der Waals surface area (Å²) in [5.41, 5.74) is 2.07. The lowest BCUT2D eigenvalue weighted by Crippen LogP contribution is -2.30. The summed E-state index contributed by atoms with van der Waals surface area (Å²) in [6.45, 7) is 4.42. The van der Waals surface area contributed by atoms with Crippen LogP contribution in [0, 0.1) is 6.92 Å². The first-order chi connectivity index (χ1) is 8.52. The Labute approximate surface area is 111 Å². The number of hydrogen-bond donors (Lipinski definition) is 0. The van der Waals surface area contributed by atoms with E-state index in [-0.39, 0.29) is 17.6 Å². The Morgan fingerprint density at radius 2 is 2.39 bits per heavy atom. The number of aryl methyl sites for hydroxylation is 2. The van der Waals surface area contributed by atoms with Gasteiger partial charge < -0.3 is 4.90 Å². The third kappa shape index (κ3) is 2.48. The molecule has 2 heterocycles. The van der Waals surface area contributed by atoms with Gasteiger partial charge in [-0.25, -0.2) is 9.37 Å². The quantitative estimate of drug-likeness (QED) is 0.774. The molecular weight excluding hydrogens is 255 g/mol. The van der Waals surface area contributed by atoms with E-state index >= 15 is 0 Å². The van der Waals surface area contributed by atoms with Crippen molar-refractivity contribution >= 4 is 17.5 Å². The van der Waals surface area contributed by atoms with Crippen molar-refractivity contribution in [2.75, 3.05) is 13.1 Å². The number of amides is 1. The van der Waals surface area contributed by atoms with Gasteiger partial charge in [-0.15, -0.1) is 0 Å². The van der Waals surface area contributed by atoms with Crippen molar-refractivity contribution in [2.24, 2.45) is 0 Å². The molecule has 1 aromatic rings. The molecule has 1 fully saturated rings. The predicted octanol–water partition coefficient (Wildman–Crippen LogP) is 2.79. The smallest absolute Gasteiger partial charge is 0.257 e. The van der Waals surface area contributed by atoms with Crippen LogP contribution in [0.15, 0.2) is 6.07 Å². The third-order valence-electron chi connectivity index (χ3n) is 3.22. The van der Waals surface area contributed by atoms with Gasteiger partial charge in [-0.2, -0.15) is 0 Å². The minimum absolute atomic E-state index is 0.157. The molecule has 1 aliphatic heterocycles. The maximum atomic E-state index is 13.1. The van der Waals surface area contributed by atoms with Crippen molar-refractivity contribution in [2.45, 2.75) is 32.9 Å². The molecule has 98 valence electrons. The van der Waals surface area contributed by atoms with Crippen LogP contribution >= 0.6 is 11.6 Å². The number of hydrogen-bond acceptors (Lipinski definition) is 2. The zero-order valence-electron chi connectivity index (χ0n) is 10.5. The Hall–Kier alpha value is -1.16. The molecule has 1 saturated heterocycles. The number of alkyl halides is 1. The van der Waals surface area contributed by atoms with E-state index in [1.165, 1.54) is 4.90 Å². The second-order valence-electron chi connectivity index (χ2n) is 4.59. The average molecular weight is 271 g/mol. The highest BCUT2D eigenvalue weighted by atomic mass is 35.5. The average Bonchev–Trinajstić information content (AvgIpc) is 2.74. The number of carbonyl (C=O) groups is 1. The van der Waals surface area contributed by atoms with Gasteiger partial charge in [-0.05, 0) is 31.4 Å². The molecular formula is C13H16ClFN2O. The van der Waals surface area contributed by atoms with Gasteiger partial charge >= 0.3 is 0 Å². The molecule has 0 aromatic carbocycles. The van der Waals surface area contributed by atoms with Crippen LogP contribution in [-0.2, 0) is 6.42 Å². The van der Waals surface area contributed by atoms with Crippen molar-refractivity contribution in [1.29, 1.82) is 0 Å². The fourth-order valence-electron chi connectivity index (χ4n) is 2.20. The fourth-order valence-corrected chi connectivity index (χ4v) is 2.54. The Kier molecular flexibility index (Phi) is 3.85. The molecule has 0 spiro atoms. The number of halogens is 2. The normalized spacial score (nSPS) is 19.3. The number of nitrogens with zero attached hydrogens (tertiary/aromatic N) is 2. The van der Waals surface area contributed by atoms with Gasteiger partial charge in [0.15, 0.2) is 0 Å². The molecule has 0 unspecified atom stereocenters. The van der Waals surface area contributed by atoms with E-state index in [0.717, 1.165) is 17.7 Å². The van der Waals surface area contributed by atoms with Crippen molar-refractivity contribution in [3.8, 4) is 0 Å². The van der Waals surface area contributed by atoms with Crippen molar-refractivity contribution in [1.82, 2.24) is 9.88 Å². The van der Waals surface area contributed by atoms with Gasteiger partial charge in [-0.1, -0.05) is 18.5 Å². The molecule has 1 atom stereocenters. The van der Waals surface area contributed by atoms with Gasteiger partial charge in [0, 0.05) is 12.2 Å². The van der Waals surface area contributed by atoms with Crippen molar-refractivity contribution in [3.63, 3.8) is 0 Å². The lowest BCUT2D eigenvalue weighted by Gasteiger charge is -2.17. The van der Waals surface area contributed by atoms with E-state index < -0.39 is 6.17 Å². The number of carbonyl (C=O) groups excluding carboxylic acids is 1. The molecule has 0 aliphatic carbocycles. The molecule has 0 saturated carbocycles. The van der Waals surface area contributed by atoms with Crippen LogP contribution in [-0.4, -0.2) is 35.1 Å². The fraction of sp³-hybridized carbons (Fsp3) is 0.538. The molecule has 1 aliphatic rings. The largest absolute Gasteiger partial charge is 0.336 e. The van der Waals surface area contributed by atoms with Crippen molar-refractivity contribution in [3.05, 3.63) is 28.0 Å². The summed E-state index contributed by atoms with van der Waals surface area (Å²) in [6.07, 6.45) is 0.254. The minimum Gasteiger partial charge on any atom is -0.336 e. The van der Waals surface area contributed by atoms with Crippen LogP contribution in [0.2, 0.25) is 5.15 Å². The van der Waals surface area contributed by atoms with Gasteiger partial charge in [0.05, 0.1) is 12.1 Å². The predicted molar refractivity (Wildman–Crippen MR) is 68.8 cm³/mol. The molecule has 18 heavy (non-hydrogen) atoms. The highest BCUT2D eigenvalue weighted by Gasteiger charge is 2.29. The Bertz CT molecular complexity index is 455. The van der Waals surface area contributed by atoms with Gasteiger partial charge in [0.25, 0.3) is 5.91 Å². The van der Waals surface area contributed by atoms with Crippen LogP contribution in [0.4, 0.5) is 4.39 Å². The van der Waals surface area contributed by atoms with Crippen LogP contribution < -0.4 is 0 Å². The molecule has 1 aromatic heterocycles. The van der Waals surface area contributed by atoms with E-state index in [0.29, 0.717) is 18.5 Å². The number of rotatable bonds is 2. The highest BCUT2D eigenvalue weighted by Crippen LogP contribution is 2.23. The van der Waals surface area contributed by atoms with E-state index in [2.05, 4.69) is 4.98 Å². The summed E-state index contributed by atoms with van der Waals surface area (Å²) in [6, 6.07) is 1.86. The third-order valence-corrected chi connectivity index (χ3v) is 3.49. The first kappa shape index (κ1) is 13.3. The lowest BCUT2D eigenvalue weighted by atomic mass is 10.1. The lowest BCUT2D eigenvalue weighted by molar-refractivity contribution is 0.0782. The van der Waals surface area contributed by atoms with Gasteiger partial charge in [0.1, 0.15) is 11.3 Å². The monoisotopic (exact) mass is 270 g/mol. The van der Waals surface area contributed by atoms with Crippen LogP contribution in [0.1, 0.15) is 35.0 Å². The molecule has 0 bridgehead atoms. The maximum absolute atomic E-state index is 13.1. The Balaban J connectivity index is 2.30. The highest BCUT2D eigenvalue weighted by molar-refractivity contribution is 6.32. The standard InChI is InChI=1S/C13H16ClFN2O/c1-3-10-6-8(2)11(12(14)16-10)13(18)17-5-4-9(15)7-17/h6,9H,3-5,7H2,1-2H3/t9-/m0/s1. The molecule has 1 amide bonds. The number of pyridine rings is 1. The van der Waals surface area contributed by atoms with E-state index in [9.17, 15) is 9.18 Å². The summed E-state index contributed by atoms with van der Waals surface area (Å²) in [5, 5.41) is 0.221.